The van der Waals surface area contributed by atoms with Crippen LogP contribution in [0.15, 0.2) is 54.7 Å². The van der Waals surface area contributed by atoms with Crippen LogP contribution in [0.1, 0.15) is 10.5 Å². The van der Waals surface area contributed by atoms with Gasteiger partial charge in [-0.05, 0) is 23.6 Å². The lowest BCUT2D eigenvalue weighted by Gasteiger charge is -2.03. The Balaban J connectivity index is 1.66. The highest BCUT2D eigenvalue weighted by Gasteiger charge is 2.12. The zero-order chi connectivity index (χ0) is 15.8. The molecule has 2 heterocycles. The van der Waals surface area contributed by atoms with E-state index in [1.165, 1.54) is 0 Å². The number of para-hydroxylation sites is 1. The number of carbonyl (C=O) groups is 1. The second-order valence-electron chi connectivity index (χ2n) is 5.20. The normalized spacial score (nSPS) is 11.0. The van der Waals surface area contributed by atoms with Crippen LogP contribution in [0.3, 0.4) is 0 Å². The maximum Gasteiger partial charge on any atom is 0.276 e. The Kier molecular flexibility index (Phi) is 2.94. The minimum absolute atomic E-state index is 0.326. The van der Waals surface area contributed by atoms with Crippen LogP contribution in [0.25, 0.3) is 21.8 Å². The molecule has 2 aromatic heterocycles. The van der Waals surface area contributed by atoms with Gasteiger partial charge in [-0.2, -0.15) is 0 Å². The summed E-state index contributed by atoms with van der Waals surface area (Å²) in [5, 5.41) is 4.66. The molecule has 0 saturated carbocycles. The fourth-order valence-electron chi connectivity index (χ4n) is 2.49. The van der Waals surface area contributed by atoms with Gasteiger partial charge >= 0.3 is 0 Å². The van der Waals surface area contributed by atoms with E-state index in [0.717, 1.165) is 16.3 Å². The molecule has 4 rings (SSSR count). The number of aromatic nitrogens is 3. The molecule has 0 unspecified atom stereocenters. The van der Waals surface area contributed by atoms with E-state index in [9.17, 15) is 4.79 Å². The number of aromatic amines is 1. The first kappa shape index (κ1) is 13.3. The van der Waals surface area contributed by atoms with Gasteiger partial charge in [0, 0.05) is 11.6 Å². The third-order valence-corrected chi connectivity index (χ3v) is 3.64. The van der Waals surface area contributed by atoms with Crippen molar-refractivity contribution in [2.45, 2.75) is 0 Å². The number of rotatable bonds is 2. The number of nitrogens with zero attached hydrogens (tertiary/aromatic N) is 2. The quantitative estimate of drug-likeness (QED) is 0.496. The maximum atomic E-state index is 12.4. The molecule has 112 valence electrons. The fraction of sp³-hybridized carbons (Fsp3) is 0. The second kappa shape index (κ2) is 5.10. The zero-order valence-electron chi connectivity index (χ0n) is 12.1. The van der Waals surface area contributed by atoms with Gasteiger partial charge in [-0.1, -0.05) is 30.3 Å². The molecule has 0 aliphatic carbocycles. The van der Waals surface area contributed by atoms with Crippen molar-refractivity contribution in [1.29, 1.82) is 0 Å². The number of nitrogens with one attached hydrogen (secondary N) is 2. The molecular formula is C17H13N5O. The molecule has 4 aromatic rings. The number of pyridine rings is 1. The summed E-state index contributed by atoms with van der Waals surface area (Å²) in [6, 6.07) is 14.9. The number of hydrogen-bond donors (Lipinski definition) is 3. The van der Waals surface area contributed by atoms with Crippen molar-refractivity contribution < 1.29 is 4.79 Å². The third kappa shape index (κ3) is 2.36. The van der Waals surface area contributed by atoms with E-state index in [1.807, 2.05) is 36.4 Å². The van der Waals surface area contributed by atoms with E-state index in [-0.39, 0.29) is 5.91 Å². The van der Waals surface area contributed by atoms with Crippen molar-refractivity contribution in [2.24, 2.45) is 0 Å². The topological polar surface area (TPSA) is 96.7 Å². The smallest absolute Gasteiger partial charge is 0.276 e. The van der Waals surface area contributed by atoms with Crippen molar-refractivity contribution in [3.63, 3.8) is 0 Å². The first-order valence-electron chi connectivity index (χ1n) is 7.11. The van der Waals surface area contributed by atoms with E-state index in [4.69, 9.17) is 5.73 Å². The molecule has 1 amide bonds. The molecule has 0 aliphatic heterocycles. The van der Waals surface area contributed by atoms with Crippen LogP contribution in [0.4, 0.5) is 11.6 Å². The first-order valence-corrected chi connectivity index (χ1v) is 7.11. The molecule has 4 N–H and O–H groups in total. The molecular weight excluding hydrogens is 290 g/mol. The number of anilines is 2. The second-order valence-corrected chi connectivity index (χ2v) is 5.20. The largest absolute Gasteiger partial charge is 0.397 e. The molecule has 0 radical (unpaired) electrons. The number of carbonyl (C=O) groups excluding carboxylic acids is 1. The zero-order valence-corrected chi connectivity index (χ0v) is 12.1. The van der Waals surface area contributed by atoms with Crippen LogP contribution >= 0.6 is 0 Å². The lowest BCUT2D eigenvalue weighted by atomic mass is 10.1. The molecule has 0 saturated heterocycles. The maximum absolute atomic E-state index is 12.4. The summed E-state index contributed by atoms with van der Waals surface area (Å²) in [6.45, 7) is 0. The van der Waals surface area contributed by atoms with Crippen molar-refractivity contribution in [1.82, 2.24) is 15.0 Å². The Morgan fingerprint density at radius 3 is 2.74 bits per heavy atom. The van der Waals surface area contributed by atoms with Crippen LogP contribution in [0.5, 0.6) is 0 Å². The minimum Gasteiger partial charge on any atom is -0.397 e. The molecule has 6 nitrogen and oxygen atoms in total. The molecule has 0 aliphatic rings. The van der Waals surface area contributed by atoms with E-state index in [1.54, 1.807) is 18.3 Å². The van der Waals surface area contributed by atoms with Crippen LogP contribution in [0.2, 0.25) is 0 Å². The van der Waals surface area contributed by atoms with Gasteiger partial charge in [0.25, 0.3) is 5.91 Å². The number of imidazole rings is 1. The molecule has 0 spiro atoms. The highest BCUT2D eigenvalue weighted by atomic mass is 16.2. The van der Waals surface area contributed by atoms with E-state index in [0.29, 0.717) is 22.8 Å². The number of nitrogens with two attached hydrogens (primary N) is 1. The summed E-state index contributed by atoms with van der Waals surface area (Å²) >= 11 is 0. The molecule has 2 aromatic carbocycles. The van der Waals surface area contributed by atoms with Gasteiger partial charge in [-0.15, -0.1) is 0 Å². The standard InChI is InChI=1S/C17H13N5O/c18-12-6-3-7-13-15(12)21-17(20-13)22-16(23)14-8-10-4-1-2-5-11(10)9-19-14/h1-9H,18H2,(H2,20,21,22,23). The summed E-state index contributed by atoms with van der Waals surface area (Å²) in [6.07, 6.45) is 1.68. The van der Waals surface area contributed by atoms with E-state index in [2.05, 4.69) is 20.3 Å². The number of nitrogen functional groups attached to an aromatic ring is 1. The summed E-state index contributed by atoms with van der Waals surface area (Å²) in [5.41, 5.74) is 8.16. The van der Waals surface area contributed by atoms with Gasteiger partial charge in [0.15, 0.2) is 0 Å². The number of hydrogen-bond acceptors (Lipinski definition) is 4. The van der Waals surface area contributed by atoms with Crippen molar-refractivity contribution in [2.75, 3.05) is 11.1 Å². The van der Waals surface area contributed by atoms with Gasteiger partial charge in [-0.25, -0.2) is 4.98 Å². The van der Waals surface area contributed by atoms with Gasteiger partial charge in [0.1, 0.15) is 11.2 Å². The van der Waals surface area contributed by atoms with Crippen LogP contribution < -0.4 is 11.1 Å². The van der Waals surface area contributed by atoms with Crippen molar-refractivity contribution >= 4 is 39.3 Å². The predicted octanol–water partition coefficient (Wildman–Crippen LogP) is 2.95. The molecule has 0 atom stereocenters. The number of benzene rings is 2. The van der Waals surface area contributed by atoms with E-state index >= 15 is 0 Å². The fourth-order valence-corrected chi connectivity index (χ4v) is 2.49. The lowest BCUT2D eigenvalue weighted by Crippen LogP contribution is -2.14. The van der Waals surface area contributed by atoms with Gasteiger partial charge < -0.3 is 10.7 Å². The minimum atomic E-state index is -0.326. The number of fused-ring (bicyclic) bond motifs is 2. The summed E-state index contributed by atoms with van der Waals surface area (Å²) < 4.78 is 0. The van der Waals surface area contributed by atoms with Crippen molar-refractivity contribution in [3.8, 4) is 0 Å². The number of H-pyrrole nitrogens is 1. The summed E-state index contributed by atoms with van der Waals surface area (Å²) in [5.74, 6) is 0.0197. The Morgan fingerprint density at radius 2 is 1.91 bits per heavy atom. The van der Waals surface area contributed by atoms with Crippen LogP contribution in [0, 0.1) is 0 Å². The number of amides is 1. The molecule has 6 heteroatoms. The monoisotopic (exact) mass is 303 g/mol. The van der Waals surface area contributed by atoms with E-state index < -0.39 is 0 Å². The van der Waals surface area contributed by atoms with Crippen LogP contribution in [-0.4, -0.2) is 20.9 Å². The highest BCUT2D eigenvalue weighted by Crippen LogP contribution is 2.20. The summed E-state index contributed by atoms with van der Waals surface area (Å²) in [7, 11) is 0. The van der Waals surface area contributed by atoms with Crippen LogP contribution in [-0.2, 0) is 0 Å². The highest BCUT2D eigenvalue weighted by molar-refractivity contribution is 6.04. The third-order valence-electron chi connectivity index (χ3n) is 3.64. The van der Waals surface area contributed by atoms with Gasteiger partial charge in [0.2, 0.25) is 5.95 Å². The predicted molar refractivity (Wildman–Crippen MR) is 90.2 cm³/mol. The molecule has 23 heavy (non-hydrogen) atoms. The Morgan fingerprint density at radius 1 is 1.09 bits per heavy atom. The summed E-state index contributed by atoms with van der Waals surface area (Å²) in [4.78, 5) is 23.9. The Hall–Kier alpha value is -3.41. The van der Waals surface area contributed by atoms with Gasteiger partial charge in [0.05, 0.1) is 11.2 Å². The lowest BCUT2D eigenvalue weighted by molar-refractivity contribution is 0.102. The average Bonchev–Trinajstić information content (AvgIpc) is 2.98. The Bertz CT molecular complexity index is 1040. The Labute approximate surface area is 131 Å². The average molecular weight is 303 g/mol. The SMILES string of the molecule is Nc1cccc2[nH]c(NC(=O)c3cc4ccccc4cn3)nc12. The molecule has 0 fully saturated rings. The van der Waals surface area contributed by atoms with Crippen molar-refractivity contribution in [3.05, 3.63) is 60.4 Å². The van der Waals surface area contributed by atoms with Gasteiger partial charge in [-0.3, -0.25) is 15.1 Å². The first-order chi connectivity index (χ1) is 11.2. The molecule has 0 bridgehead atoms.